The molecule has 0 aliphatic heterocycles. The number of hydrogen-bond donors (Lipinski definition) is 1. The number of rotatable bonds is 2. The first-order chi connectivity index (χ1) is 4.14. The van der Waals surface area contributed by atoms with Crippen LogP contribution in [0.25, 0.3) is 0 Å². The van der Waals surface area contributed by atoms with Gasteiger partial charge >= 0.3 is 0 Å². The maximum Gasteiger partial charge on any atom is 0.0467 e. The van der Waals surface area contributed by atoms with Crippen molar-refractivity contribution in [2.24, 2.45) is 17.3 Å². The molecule has 54 valence electrons. The first kappa shape index (κ1) is 7.07. The Balaban J connectivity index is 2.45. The van der Waals surface area contributed by atoms with E-state index in [9.17, 15) is 0 Å². The van der Waals surface area contributed by atoms with Gasteiger partial charge in [-0.3, -0.25) is 0 Å². The minimum absolute atomic E-state index is 0.380. The second-order valence-corrected chi connectivity index (χ2v) is 3.63. The maximum atomic E-state index is 8.84. The van der Waals surface area contributed by atoms with Gasteiger partial charge in [0.05, 0.1) is 0 Å². The van der Waals surface area contributed by atoms with E-state index in [1.807, 2.05) is 0 Å². The van der Waals surface area contributed by atoms with Crippen LogP contribution in [0.2, 0.25) is 0 Å². The van der Waals surface area contributed by atoms with E-state index in [4.69, 9.17) is 5.11 Å². The van der Waals surface area contributed by atoms with Crippen molar-refractivity contribution in [1.29, 1.82) is 0 Å². The van der Waals surface area contributed by atoms with Crippen LogP contribution < -0.4 is 0 Å². The Kier molecular flexibility index (Phi) is 1.55. The minimum Gasteiger partial charge on any atom is -0.396 e. The van der Waals surface area contributed by atoms with Gasteiger partial charge in [-0.25, -0.2) is 0 Å². The summed E-state index contributed by atoms with van der Waals surface area (Å²) in [5.74, 6) is 1.37. The molecule has 0 amide bonds. The lowest BCUT2D eigenvalue weighted by Gasteiger charge is -1.97. The molecular weight excluding hydrogens is 112 g/mol. The summed E-state index contributed by atoms with van der Waals surface area (Å²) in [7, 11) is 0. The highest BCUT2D eigenvalue weighted by atomic mass is 16.3. The minimum atomic E-state index is 0.380. The van der Waals surface area contributed by atoms with Gasteiger partial charge in [-0.2, -0.15) is 0 Å². The highest BCUT2D eigenvalue weighted by Gasteiger charge is 2.55. The summed E-state index contributed by atoms with van der Waals surface area (Å²) < 4.78 is 0. The summed E-state index contributed by atoms with van der Waals surface area (Å²) >= 11 is 0. The van der Waals surface area contributed by atoms with Gasteiger partial charge in [-0.05, 0) is 17.3 Å². The van der Waals surface area contributed by atoms with Gasteiger partial charge in [-0.1, -0.05) is 27.2 Å². The topological polar surface area (TPSA) is 20.2 Å². The summed E-state index contributed by atoms with van der Waals surface area (Å²) in [4.78, 5) is 0. The van der Waals surface area contributed by atoms with Crippen molar-refractivity contribution in [1.82, 2.24) is 0 Å². The molecule has 1 rings (SSSR count). The molecule has 9 heavy (non-hydrogen) atoms. The van der Waals surface area contributed by atoms with Gasteiger partial charge in [0.15, 0.2) is 0 Å². The van der Waals surface area contributed by atoms with Crippen molar-refractivity contribution >= 4 is 0 Å². The van der Waals surface area contributed by atoms with E-state index < -0.39 is 0 Å². The van der Waals surface area contributed by atoms with Gasteiger partial charge in [0.1, 0.15) is 0 Å². The Morgan fingerprint density at radius 1 is 1.33 bits per heavy atom. The van der Waals surface area contributed by atoms with Crippen LogP contribution in [0.1, 0.15) is 27.2 Å². The lowest BCUT2D eigenvalue weighted by Crippen LogP contribution is -1.93. The molecule has 1 heteroatoms. The van der Waals surface area contributed by atoms with Gasteiger partial charge in [0.25, 0.3) is 0 Å². The molecule has 1 aliphatic carbocycles. The van der Waals surface area contributed by atoms with E-state index >= 15 is 0 Å². The number of aliphatic hydroxyl groups excluding tert-OH is 1. The van der Waals surface area contributed by atoms with Gasteiger partial charge in [-0.15, -0.1) is 0 Å². The fourth-order valence-corrected chi connectivity index (χ4v) is 2.03. The van der Waals surface area contributed by atoms with Crippen molar-refractivity contribution in [3.63, 3.8) is 0 Å². The zero-order chi connectivity index (χ0) is 7.07. The van der Waals surface area contributed by atoms with E-state index in [-0.39, 0.29) is 0 Å². The van der Waals surface area contributed by atoms with Gasteiger partial charge < -0.3 is 5.11 Å². The maximum absolute atomic E-state index is 8.84. The summed E-state index contributed by atoms with van der Waals surface area (Å²) in [5.41, 5.74) is 0.434. The Morgan fingerprint density at radius 3 is 2.00 bits per heavy atom. The smallest absolute Gasteiger partial charge is 0.0467 e. The third kappa shape index (κ3) is 0.877. The quantitative estimate of drug-likeness (QED) is 0.599. The van der Waals surface area contributed by atoms with Crippen molar-refractivity contribution < 1.29 is 5.11 Å². The van der Waals surface area contributed by atoms with E-state index in [1.54, 1.807) is 0 Å². The first-order valence-corrected chi connectivity index (χ1v) is 3.75. The van der Waals surface area contributed by atoms with Gasteiger partial charge in [0.2, 0.25) is 0 Å². The number of hydrogen-bond acceptors (Lipinski definition) is 1. The van der Waals surface area contributed by atoms with E-state index in [1.165, 1.54) is 6.42 Å². The molecule has 1 fully saturated rings. The van der Waals surface area contributed by atoms with Crippen molar-refractivity contribution in [2.45, 2.75) is 27.2 Å². The molecule has 0 aromatic heterocycles. The van der Waals surface area contributed by atoms with E-state index in [2.05, 4.69) is 20.8 Å². The average Bonchev–Trinajstić information content (AvgIpc) is 2.32. The lowest BCUT2D eigenvalue weighted by atomic mass is 10.1. The zero-order valence-corrected chi connectivity index (χ0v) is 6.52. The Labute approximate surface area is 57.1 Å². The Hall–Kier alpha value is -0.0400. The SMILES string of the molecule is CC[C@@H]1[C@H](CO)C1(C)C. The van der Waals surface area contributed by atoms with Crippen LogP contribution in [-0.4, -0.2) is 11.7 Å². The predicted molar refractivity (Wildman–Crippen MR) is 38.1 cm³/mol. The molecule has 0 spiro atoms. The second-order valence-electron chi connectivity index (χ2n) is 3.63. The van der Waals surface area contributed by atoms with Crippen LogP contribution in [0, 0.1) is 17.3 Å². The Morgan fingerprint density at radius 2 is 1.89 bits per heavy atom. The molecule has 0 aromatic rings. The first-order valence-electron chi connectivity index (χ1n) is 3.75. The van der Waals surface area contributed by atoms with Crippen molar-refractivity contribution in [2.75, 3.05) is 6.61 Å². The lowest BCUT2D eigenvalue weighted by molar-refractivity contribution is 0.255. The summed E-state index contributed by atoms with van der Waals surface area (Å²) in [6.07, 6.45) is 1.22. The highest BCUT2D eigenvalue weighted by molar-refractivity contribution is 5.03. The van der Waals surface area contributed by atoms with E-state index in [0.717, 1.165) is 5.92 Å². The molecular formula is C8H16O. The summed E-state index contributed by atoms with van der Waals surface area (Å²) in [6, 6.07) is 0. The molecule has 0 saturated heterocycles. The summed E-state index contributed by atoms with van der Waals surface area (Å²) in [6.45, 7) is 7.05. The van der Waals surface area contributed by atoms with Crippen LogP contribution in [0.5, 0.6) is 0 Å². The molecule has 0 bridgehead atoms. The molecule has 1 N–H and O–H groups in total. The molecule has 1 aliphatic rings. The largest absolute Gasteiger partial charge is 0.396 e. The summed E-state index contributed by atoms with van der Waals surface area (Å²) in [5, 5.41) is 8.84. The molecule has 0 heterocycles. The zero-order valence-electron chi connectivity index (χ0n) is 6.52. The standard InChI is InChI=1S/C8H16O/c1-4-6-7(5-9)8(6,2)3/h6-7,9H,4-5H2,1-3H3/t6-,7+/m1/s1. The average molecular weight is 128 g/mol. The Bertz CT molecular complexity index is 95.1. The predicted octanol–water partition coefficient (Wildman–Crippen LogP) is 1.66. The molecule has 1 saturated carbocycles. The van der Waals surface area contributed by atoms with Crippen molar-refractivity contribution in [3.05, 3.63) is 0 Å². The monoisotopic (exact) mass is 128 g/mol. The molecule has 2 atom stereocenters. The van der Waals surface area contributed by atoms with Crippen LogP contribution >= 0.6 is 0 Å². The van der Waals surface area contributed by atoms with E-state index in [0.29, 0.717) is 17.9 Å². The third-order valence-corrected chi connectivity index (χ3v) is 2.92. The normalized spacial score (nSPS) is 38.7. The molecule has 1 nitrogen and oxygen atoms in total. The molecule has 0 radical (unpaired) electrons. The van der Waals surface area contributed by atoms with Crippen LogP contribution in [0.3, 0.4) is 0 Å². The molecule has 0 unspecified atom stereocenters. The fourth-order valence-electron chi connectivity index (χ4n) is 2.03. The number of aliphatic hydroxyl groups is 1. The second kappa shape index (κ2) is 1.98. The van der Waals surface area contributed by atoms with Crippen LogP contribution in [-0.2, 0) is 0 Å². The fraction of sp³-hybridized carbons (Fsp3) is 1.00. The van der Waals surface area contributed by atoms with Crippen LogP contribution in [0.15, 0.2) is 0 Å². The third-order valence-electron chi connectivity index (χ3n) is 2.92. The van der Waals surface area contributed by atoms with Crippen molar-refractivity contribution in [3.8, 4) is 0 Å². The van der Waals surface area contributed by atoms with Gasteiger partial charge in [0, 0.05) is 6.61 Å². The molecule has 0 aromatic carbocycles. The highest BCUT2D eigenvalue weighted by Crippen LogP contribution is 2.59. The van der Waals surface area contributed by atoms with Crippen LogP contribution in [0.4, 0.5) is 0 Å².